The molecular formula is C13H16N4O2S. The molecule has 6 nitrogen and oxygen atoms in total. The number of thiophene rings is 1. The first-order valence-electron chi connectivity index (χ1n) is 6.29. The summed E-state index contributed by atoms with van der Waals surface area (Å²) in [6.07, 6.45) is 0.862. The normalized spacial score (nSPS) is 10.3. The van der Waals surface area contributed by atoms with Gasteiger partial charge in [0.05, 0.1) is 4.88 Å². The van der Waals surface area contributed by atoms with Crippen LogP contribution in [0, 0.1) is 0 Å². The number of aryl methyl sites for hydroxylation is 1. The number of hydrogen-bond donors (Lipinski definition) is 2. The predicted molar refractivity (Wildman–Crippen MR) is 78.1 cm³/mol. The molecule has 0 radical (unpaired) electrons. The second-order valence-corrected chi connectivity index (χ2v) is 5.17. The molecule has 0 spiro atoms. The van der Waals surface area contributed by atoms with Crippen LogP contribution in [-0.4, -0.2) is 28.1 Å². The van der Waals surface area contributed by atoms with Crippen LogP contribution in [0.25, 0.3) is 0 Å². The molecule has 2 N–H and O–H groups in total. The summed E-state index contributed by atoms with van der Waals surface area (Å²) in [5.74, 6) is 0.0487. The minimum absolute atomic E-state index is 0.205. The fourth-order valence-electron chi connectivity index (χ4n) is 1.61. The molecule has 0 aliphatic heterocycles. The zero-order valence-corrected chi connectivity index (χ0v) is 12.2. The maximum Gasteiger partial charge on any atom is 0.271 e. The van der Waals surface area contributed by atoms with E-state index in [1.54, 1.807) is 19.2 Å². The van der Waals surface area contributed by atoms with Crippen molar-refractivity contribution in [2.75, 3.05) is 11.9 Å². The quantitative estimate of drug-likeness (QED) is 0.883. The standard InChI is InChI=1S/C13H16N4O2S/c1-3-6-14-12(18)9-8-11(17(2)16-9)15-13(19)10-5-4-7-20-10/h4-5,7-8H,3,6H2,1-2H3,(H,14,18)(H,15,19). The van der Waals surface area contributed by atoms with Crippen LogP contribution < -0.4 is 10.6 Å². The van der Waals surface area contributed by atoms with E-state index in [9.17, 15) is 9.59 Å². The average Bonchev–Trinajstić information content (AvgIpc) is 3.06. The van der Waals surface area contributed by atoms with Crippen molar-refractivity contribution in [2.45, 2.75) is 13.3 Å². The van der Waals surface area contributed by atoms with Crippen LogP contribution in [0.1, 0.15) is 33.5 Å². The molecule has 2 aromatic heterocycles. The molecule has 2 heterocycles. The highest BCUT2D eigenvalue weighted by Crippen LogP contribution is 2.14. The van der Waals surface area contributed by atoms with Gasteiger partial charge in [-0.3, -0.25) is 14.3 Å². The first-order chi connectivity index (χ1) is 9.61. The van der Waals surface area contributed by atoms with Crippen LogP contribution in [0.3, 0.4) is 0 Å². The molecule has 0 bridgehead atoms. The van der Waals surface area contributed by atoms with Crippen LogP contribution in [0.2, 0.25) is 0 Å². The molecule has 0 atom stereocenters. The van der Waals surface area contributed by atoms with Gasteiger partial charge >= 0.3 is 0 Å². The second-order valence-electron chi connectivity index (χ2n) is 4.23. The molecule has 20 heavy (non-hydrogen) atoms. The Morgan fingerprint density at radius 3 is 2.85 bits per heavy atom. The molecule has 0 aliphatic carbocycles. The van der Waals surface area contributed by atoms with E-state index in [1.807, 2.05) is 18.4 Å². The Kier molecular flexibility index (Phi) is 4.52. The Bertz CT molecular complexity index is 604. The summed E-state index contributed by atoms with van der Waals surface area (Å²) in [6, 6.07) is 5.12. The van der Waals surface area contributed by atoms with E-state index in [-0.39, 0.29) is 11.8 Å². The number of rotatable bonds is 5. The van der Waals surface area contributed by atoms with E-state index in [0.29, 0.717) is 22.9 Å². The second kappa shape index (κ2) is 6.33. The van der Waals surface area contributed by atoms with Crippen molar-refractivity contribution in [3.05, 3.63) is 34.2 Å². The van der Waals surface area contributed by atoms with Gasteiger partial charge in [-0.2, -0.15) is 5.10 Å². The fraction of sp³-hybridized carbons (Fsp3) is 0.308. The first kappa shape index (κ1) is 14.3. The molecule has 2 rings (SSSR count). The topological polar surface area (TPSA) is 76.0 Å². The molecule has 106 valence electrons. The zero-order valence-electron chi connectivity index (χ0n) is 11.3. The number of amides is 2. The monoisotopic (exact) mass is 292 g/mol. The summed E-state index contributed by atoms with van der Waals surface area (Å²) in [7, 11) is 1.68. The zero-order chi connectivity index (χ0) is 14.5. The smallest absolute Gasteiger partial charge is 0.271 e. The maximum atomic E-state index is 11.9. The highest BCUT2D eigenvalue weighted by atomic mass is 32.1. The van der Waals surface area contributed by atoms with Gasteiger partial charge in [0, 0.05) is 19.7 Å². The summed E-state index contributed by atoms with van der Waals surface area (Å²) in [5, 5.41) is 11.4. The van der Waals surface area contributed by atoms with E-state index >= 15 is 0 Å². The van der Waals surface area contributed by atoms with Crippen molar-refractivity contribution in [2.24, 2.45) is 7.05 Å². The maximum absolute atomic E-state index is 11.9. The van der Waals surface area contributed by atoms with Gasteiger partial charge < -0.3 is 10.6 Å². The highest BCUT2D eigenvalue weighted by molar-refractivity contribution is 7.12. The predicted octanol–water partition coefficient (Wildman–Crippen LogP) is 1.87. The number of hydrogen-bond acceptors (Lipinski definition) is 4. The lowest BCUT2D eigenvalue weighted by Gasteiger charge is -2.02. The highest BCUT2D eigenvalue weighted by Gasteiger charge is 2.15. The average molecular weight is 292 g/mol. The van der Waals surface area contributed by atoms with Crippen LogP contribution in [0.5, 0.6) is 0 Å². The van der Waals surface area contributed by atoms with Crippen molar-refractivity contribution in [3.8, 4) is 0 Å². The van der Waals surface area contributed by atoms with Crippen LogP contribution in [-0.2, 0) is 7.05 Å². The summed E-state index contributed by atoms with van der Waals surface area (Å²) in [4.78, 5) is 24.3. The van der Waals surface area contributed by atoms with Gasteiger partial charge in [-0.05, 0) is 17.9 Å². The molecule has 0 aliphatic rings. The molecule has 2 amide bonds. The van der Waals surface area contributed by atoms with Gasteiger partial charge in [-0.15, -0.1) is 11.3 Å². The van der Waals surface area contributed by atoms with Gasteiger partial charge in [-0.1, -0.05) is 13.0 Å². The number of aromatic nitrogens is 2. The molecule has 0 aromatic carbocycles. The Morgan fingerprint density at radius 2 is 2.20 bits per heavy atom. The fourth-order valence-corrected chi connectivity index (χ4v) is 2.23. The van der Waals surface area contributed by atoms with Gasteiger partial charge in [0.15, 0.2) is 5.69 Å². The van der Waals surface area contributed by atoms with E-state index in [4.69, 9.17) is 0 Å². The summed E-state index contributed by atoms with van der Waals surface area (Å²) in [5.41, 5.74) is 0.294. The lowest BCUT2D eigenvalue weighted by molar-refractivity contribution is 0.0947. The van der Waals surface area contributed by atoms with Crippen molar-refractivity contribution in [3.63, 3.8) is 0 Å². The van der Waals surface area contributed by atoms with E-state index in [1.165, 1.54) is 16.0 Å². The van der Waals surface area contributed by atoms with Crippen molar-refractivity contribution in [1.82, 2.24) is 15.1 Å². The number of carbonyl (C=O) groups excluding carboxylic acids is 2. The third-order valence-corrected chi connectivity index (χ3v) is 3.50. The van der Waals surface area contributed by atoms with Crippen molar-refractivity contribution < 1.29 is 9.59 Å². The molecule has 7 heteroatoms. The first-order valence-corrected chi connectivity index (χ1v) is 7.17. The Balaban J connectivity index is 2.08. The lowest BCUT2D eigenvalue weighted by Crippen LogP contribution is -2.24. The largest absolute Gasteiger partial charge is 0.351 e. The van der Waals surface area contributed by atoms with E-state index in [2.05, 4.69) is 15.7 Å². The molecule has 2 aromatic rings. The Hall–Kier alpha value is -2.15. The van der Waals surface area contributed by atoms with Crippen LogP contribution in [0.15, 0.2) is 23.6 Å². The minimum Gasteiger partial charge on any atom is -0.351 e. The summed E-state index contributed by atoms with van der Waals surface area (Å²) >= 11 is 1.36. The molecular weight excluding hydrogens is 276 g/mol. The number of nitrogens with one attached hydrogen (secondary N) is 2. The van der Waals surface area contributed by atoms with Gasteiger partial charge in [0.1, 0.15) is 5.82 Å². The lowest BCUT2D eigenvalue weighted by atomic mass is 10.3. The molecule has 0 fully saturated rings. The third-order valence-electron chi connectivity index (χ3n) is 2.63. The van der Waals surface area contributed by atoms with Gasteiger partial charge in [-0.25, -0.2) is 0 Å². The molecule has 0 unspecified atom stereocenters. The van der Waals surface area contributed by atoms with E-state index in [0.717, 1.165) is 6.42 Å². The molecule has 0 saturated heterocycles. The van der Waals surface area contributed by atoms with E-state index < -0.39 is 0 Å². The van der Waals surface area contributed by atoms with Crippen molar-refractivity contribution >= 4 is 29.0 Å². The third kappa shape index (κ3) is 3.24. The summed E-state index contributed by atoms with van der Waals surface area (Å²) < 4.78 is 1.48. The number of carbonyl (C=O) groups is 2. The molecule has 0 saturated carbocycles. The van der Waals surface area contributed by atoms with Crippen LogP contribution >= 0.6 is 11.3 Å². The Labute approximate surface area is 120 Å². The Morgan fingerprint density at radius 1 is 1.40 bits per heavy atom. The van der Waals surface area contributed by atoms with Gasteiger partial charge in [0.2, 0.25) is 0 Å². The SMILES string of the molecule is CCCNC(=O)c1cc(NC(=O)c2cccs2)n(C)n1. The van der Waals surface area contributed by atoms with Crippen LogP contribution in [0.4, 0.5) is 5.82 Å². The number of anilines is 1. The van der Waals surface area contributed by atoms with Crippen molar-refractivity contribution in [1.29, 1.82) is 0 Å². The number of nitrogens with zero attached hydrogens (tertiary/aromatic N) is 2. The van der Waals surface area contributed by atoms with Gasteiger partial charge in [0.25, 0.3) is 11.8 Å². The minimum atomic E-state index is -0.237. The summed E-state index contributed by atoms with van der Waals surface area (Å²) in [6.45, 7) is 2.58.